The molecule has 36 heavy (non-hydrogen) atoms. The maximum atomic E-state index is 6.30. The van der Waals surface area contributed by atoms with Gasteiger partial charge < -0.3 is 4.90 Å². The van der Waals surface area contributed by atoms with Crippen LogP contribution in [0, 0.1) is 5.92 Å². The predicted octanol–water partition coefficient (Wildman–Crippen LogP) is 9.43. The van der Waals surface area contributed by atoms with Crippen LogP contribution in [0.15, 0.2) is 81.3 Å². The van der Waals surface area contributed by atoms with E-state index in [4.69, 9.17) is 23.2 Å². The number of fused-ring (bicyclic) bond motifs is 3. The van der Waals surface area contributed by atoms with Crippen molar-refractivity contribution in [1.82, 2.24) is 0 Å². The highest BCUT2D eigenvalue weighted by atomic mass is 35.5. The van der Waals surface area contributed by atoms with Crippen molar-refractivity contribution < 1.29 is 4.57 Å². The van der Waals surface area contributed by atoms with E-state index in [0.29, 0.717) is 5.92 Å². The first-order valence-corrected chi connectivity index (χ1v) is 15.1. The van der Waals surface area contributed by atoms with Crippen molar-refractivity contribution in [1.29, 1.82) is 0 Å². The number of allylic oxidation sites excluding steroid dienone is 6. The number of halogens is 2. The molecule has 0 spiro atoms. The Morgan fingerprint density at radius 1 is 1.00 bits per heavy atom. The molecule has 2 heterocycles. The van der Waals surface area contributed by atoms with Gasteiger partial charge in [0.05, 0.1) is 10.7 Å². The van der Waals surface area contributed by atoms with Gasteiger partial charge in [0.15, 0.2) is 0 Å². The molecule has 2 aliphatic carbocycles. The number of anilines is 1. The second-order valence-electron chi connectivity index (χ2n) is 9.59. The topological polar surface area (TPSA) is 7.12 Å². The Balaban J connectivity index is 1.32. The second kappa shape index (κ2) is 10.1. The van der Waals surface area contributed by atoms with Gasteiger partial charge in [0, 0.05) is 33.6 Å². The van der Waals surface area contributed by atoms with E-state index in [1.807, 2.05) is 35.2 Å². The predicted molar refractivity (Wildman–Crippen MR) is 157 cm³/mol. The molecule has 0 saturated heterocycles. The zero-order valence-electron chi connectivity index (χ0n) is 20.6. The van der Waals surface area contributed by atoms with Crippen LogP contribution in [0.25, 0.3) is 16.3 Å². The van der Waals surface area contributed by atoms with Gasteiger partial charge in [-0.05, 0) is 98.6 Å². The Morgan fingerprint density at radius 3 is 2.64 bits per heavy atom. The monoisotopic (exact) mass is 551 g/mol. The van der Waals surface area contributed by atoms with E-state index in [1.54, 1.807) is 0 Å². The first-order valence-electron chi connectivity index (χ1n) is 12.7. The average Bonchev–Trinajstić information content (AvgIpc) is 3.39. The quantitative estimate of drug-likeness (QED) is 0.298. The summed E-state index contributed by atoms with van der Waals surface area (Å²) in [6.07, 6.45) is 14.5. The van der Waals surface area contributed by atoms with Gasteiger partial charge in [-0.15, -0.1) is 0 Å². The molecule has 6 heteroatoms. The highest BCUT2D eigenvalue weighted by Crippen LogP contribution is 2.48. The molecule has 2 nitrogen and oxygen atoms in total. The summed E-state index contributed by atoms with van der Waals surface area (Å²) in [5, 5.41) is 4.21. The lowest BCUT2D eigenvalue weighted by molar-refractivity contribution is -0.665. The van der Waals surface area contributed by atoms with E-state index in [0.717, 1.165) is 36.0 Å². The summed E-state index contributed by atoms with van der Waals surface area (Å²) in [6.45, 7) is 6.30. The summed E-state index contributed by atoms with van der Waals surface area (Å²) < 4.78 is 3.68. The minimum Gasteiger partial charge on any atom is -0.335 e. The SMILES string of the molecule is CCN1/C(=C/C2=CC3=C/C(=C/c4sc5ccc(Cl)cc5[n+]4CC)CCC3CC2)Sc2ccc(Cl)cc21. The maximum Gasteiger partial charge on any atom is 0.263 e. The van der Waals surface area contributed by atoms with Crippen molar-refractivity contribution in [2.45, 2.75) is 51.0 Å². The van der Waals surface area contributed by atoms with Crippen LogP contribution >= 0.6 is 46.3 Å². The van der Waals surface area contributed by atoms with Gasteiger partial charge in [-0.1, -0.05) is 58.5 Å². The Bertz CT molecular complexity index is 1480. The smallest absolute Gasteiger partial charge is 0.263 e. The average molecular weight is 553 g/mol. The molecule has 6 rings (SSSR count). The third kappa shape index (κ3) is 4.58. The highest BCUT2D eigenvalue weighted by molar-refractivity contribution is 8.03. The molecule has 0 N–H and O–H groups in total. The number of thioether (sulfide) groups is 1. The number of thiazole rings is 1. The minimum absolute atomic E-state index is 0.679. The lowest BCUT2D eigenvalue weighted by atomic mass is 9.77. The molecular weight excluding hydrogens is 523 g/mol. The fourth-order valence-electron chi connectivity index (χ4n) is 5.57. The van der Waals surface area contributed by atoms with Gasteiger partial charge >= 0.3 is 0 Å². The summed E-state index contributed by atoms with van der Waals surface area (Å²) in [6, 6.07) is 12.4. The Morgan fingerprint density at radius 2 is 1.81 bits per heavy atom. The van der Waals surface area contributed by atoms with E-state index >= 15 is 0 Å². The standard InChI is InChI=1S/C30H29Cl2N2S2/c1-3-33-25-17-23(31)9-11-27(25)35-29(33)15-19-5-7-21-8-6-20(14-22(21)13-19)16-30-34(4-2)26-18-24(32)10-12-28(26)36-30/h9-18,21H,3-8H2,1-2H3/q+1. The molecule has 2 aromatic carbocycles. The maximum absolute atomic E-state index is 6.30. The van der Waals surface area contributed by atoms with E-state index in [9.17, 15) is 0 Å². The molecule has 1 aromatic heterocycles. The number of rotatable bonds is 4. The normalized spacial score (nSPS) is 21.7. The van der Waals surface area contributed by atoms with Crippen LogP contribution in [-0.2, 0) is 6.54 Å². The number of hydrogen-bond acceptors (Lipinski definition) is 3. The first-order chi connectivity index (χ1) is 17.5. The van der Waals surface area contributed by atoms with Crippen molar-refractivity contribution >= 4 is 68.3 Å². The van der Waals surface area contributed by atoms with E-state index in [-0.39, 0.29) is 0 Å². The summed E-state index contributed by atoms with van der Waals surface area (Å²) in [5.74, 6) is 0.679. The van der Waals surface area contributed by atoms with Crippen LogP contribution < -0.4 is 9.47 Å². The van der Waals surface area contributed by atoms with E-state index < -0.39 is 0 Å². The molecular formula is C30H29Cl2N2S2+. The Hall–Kier alpha value is -1.98. The lowest BCUT2D eigenvalue weighted by Gasteiger charge is -2.28. The van der Waals surface area contributed by atoms with Gasteiger partial charge in [-0.2, -0.15) is 4.57 Å². The third-order valence-corrected chi connectivity index (χ3v) is 10.1. The number of benzene rings is 2. The Labute approximate surface area is 231 Å². The van der Waals surface area contributed by atoms with Gasteiger partial charge in [0.2, 0.25) is 5.52 Å². The van der Waals surface area contributed by atoms with Crippen molar-refractivity contribution in [3.8, 4) is 0 Å². The third-order valence-electron chi connectivity index (χ3n) is 7.37. The van der Waals surface area contributed by atoms with Crippen LogP contribution in [0.2, 0.25) is 10.0 Å². The fourth-order valence-corrected chi connectivity index (χ4v) is 8.27. The first kappa shape index (κ1) is 24.4. The fraction of sp³-hybridized carbons (Fsp3) is 0.300. The molecule has 0 bridgehead atoms. The van der Waals surface area contributed by atoms with E-state index in [2.05, 4.69) is 71.9 Å². The summed E-state index contributed by atoms with van der Waals surface area (Å²) in [4.78, 5) is 3.68. The number of aromatic nitrogens is 1. The molecule has 0 fully saturated rings. The Kier molecular flexibility index (Phi) is 6.81. The molecule has 3 aromatic rings. The second-order valence-corrected chi connectivity index (χ2v) is 12.6. The molecule has 0 saturated carbocycles. The molecule has 3 aliphatic rings. The van der Waals surface area contributed by atoms with Crippen LogP contribution in [0.4, 0.5) is 5.69 Å². The van der Waals surface area contributed by atoms with Crippen molar-refractivity contribution in [2.24, 2.45) is 5.92 Å². The minimum atomic E-state index is 0.679. The highest BCUT2D eigenvalue weighted by Gasteiger charge is 2.27. The van der Waals surface area contributed by atoms with Crippen molar-refractivity contribution in [3.05, 3.63) is 91.4 Å². The number of nitrogens with zero attached hydrogens (tertiary/aromatic N) is 2. The van der Waals surface area contributed by atoms with Crippen LogP contribution in [0.3, 0.4) is 0 Å². The zero-order valence-corrected chi connectivity index (χ0v) is 23.7. The molecule has 1 atom stereocenters. The molecule has 0 amide bonds. The van der Waals surface area contributed by atoms with Crippen LogP contribution in [0.1, 0.15) is 44.5 Å². The summed E-state index contributed by atoms with van der Waals surface area (Å²) in [5.41, 5.74) is 6.81. The van der Waals surface area contributed by atoms with Gasteiger partial charge in [0.1, 0.15) is 11.2 Å². The largest absolute Gasteiger partial charge is 0.335 e. The molecule has 1 aliphatic heterocycles. The zero-order chi connectivity index (χ0) is 24.8. The van der Waals surface area contributed by atoms with Crippen molar-refractivity contribution in [2.75, 3.05) is 11.4 Å². The molecule has 0 radical (unpaired) electrons. The van der Waals surface area contributed by atoms with Gasteiger partial charge in [0.25, 0.3) is 5.01 Å². The number of aryl methyl sites for hydroxylation is 1. The van der Waals surface area contributed by atoms with Gasteiger partial charge in [-0.3, -0.25) is 0 Å². The molecule has 1 unspecified atom stereocenters. The molecule has 184 valence electrons. The number of hydrogen-bond donors (Lipinski definition) is 0. The summed E-state index contributed by atoms with van der Waals surface area (Å²) in [7, 11) is 0. The van der Waals surface area contributed by atoms with Crippen LogP contribution in [0.5, 0.6) is 0 Å². The van der Waals surface area contributed by atoms with Crippen molar-refractivity contribution in [3.63, 3.8) is 0 Å². The summed E-state index contributed by atoms with van der Waals surface area (Å²) >= 11 is 16.3. The van der Waals surface area contributed by atoms with Crippen LogP contribution in [-0.4, -0.2) is 6.54 Å². The van der Waals surface area contributed by atoms with Gasteiger partial charge in [-0.25, -0.2) is 0 Å². The lowest BCUT2D eigenvalue weighted by Crippen LogP contribution is -2.33. The van der Waals surface area contributed by atoms with E-state index in [1.165, 1.54) is 60.4 Å².